The van der Waals surface area contributed by atoms with E-state index in [4.69, 9.17) is 23.2 Å². The Balaban J connectivity index is 2.92. The molecule has 0 aromatic carbocycles. The summed E-state index contributed by atoms with van der Waals surface area (Å²) in [6.45, 7) is 4.59. The van der Waals surface area contributed by atoms with E-state index in [9.17, 15) is 0 Å². The van der Waals surface area contributed by atoms with E-state index >= 15 is 0 Å². The predicted octanol–water partition coefficient (Wildman–Crippen LogP) is 4.55. The molecule has 0 saturated carbocycles. The number of halogens is 2. The third kappa shape index (κ3) is 13.1. The average Bonchev–Trinajstić information content (AvgIpc) is 2.01. The van der Waals surface area contributed by atoms with Crippen LogP contribution in [-0.4, -0.2) is 20.1 Å². The second kappa shape index (κ2) is 9.66. The van der Waals surface area contributed by atoms with E-state index in [-0.39, 0.29) is 4.84 Å². The molecule has 1 radical (unpaired) electrons. The number of rotatable bonds is 8. The molecule has 13 heavy (non-hydrogen) atoms. The van der Waals surface area contributed by atoms with Crippen LogP contribution in [0.5, 0.6) is 0 Å². The minimum absolute atomic E-state index is 0.148. The topological polar surface area (TPSA) is 0 Å². The fourth-order valence-corrected chi connectivity index (χ4v) is 3.26. The maximum Gasteiger partial charge on any atom is 0.199 e. The lowest BCUT2D eigenvalue weighted by molar-refractivity contribution is 0.622. The summed E-state index contributed by atoms with van der Waals surface area (Å²) in [5.74, 6) is 0.877. The summed E-state index contributed by atoms with van der Waals surface area (Å²) in [6.07, 6.45) is 4.89. The fraction of sp³-hybridized carbons (Fsp3) is 1.00. The van der Waals surface area contributed by atoms with Crippen molar-refractivity contribution in [1.82, 2.24) is 0 Å². The Hall–Kier alpha value is 1.11. The lowest BCUT2D eigenvalue weighted by atomic mass is 10.2. The van der Waals surface area contributed by atoms with Crippen molar-refractivity contribution in [2.75, 3.05) is 0 Å². The first kappa shape index (κ1) is 14.1. The van der Waals surface area contributed by atoms with Gasteiger partial charge >= 0.3 is 0 Å². The van der Waals surface area contributed by atoms with Crippen LogP contribution in [0.15, 0.2) is 0 Å². The molecule has 0 aliphatic rings. The quantitative estimate of drug-likeness (QED) is 0.330. The highest BCUT2D eigenvalue weighted by molar-refractivity contribution is 6.44. The third-order valence-corrected chi connectivity index (χ3v) is 4.02. The van der Waals surface area contributed by atoms with Crippen LogP contribution in [0, 0.1) is 5.92 Å². The van der Waals surface area contributed by atoms with Gasteiger partial charge in [0.25, 0.3) is 0 Å². The van der Waals surface area contributed by atoms with Gasteiger partial charge in [-0.15, -0.1) is 33.8 Å². The van der Waals surface area contributed by atoms with Gasteiger partial charge < -0.3 is 0 Å². The van der Waals surface area contributed by atoms with Crippen LogP contribution < -0.4 is 0 Å². The summed E-state index contributed by atoms with van der Waals surface area (Å²) in [6, 6.07) is 0. The molecular weight excluding hydrogens is 218 g/mol. The van der Waals surface area contributed by atoms with Gasteiger partial charge in [-0.2, -0.15) is 0 Å². The molecular formula is C10H20AlCl2. The minimum atomic E-state index is -0.148. The molecule has 0 aliphatic carbocycles. The molecule has 0 N–H and O–H groups in total. The molecule has 0 fully saturated rings. The molecule has 3 heteroatoms. The summed E-state index contributed by atoms with van der Waals surface area (Å²) in [5, 5.41) is 2.88. The van der Waals surface area contributed by atoms with E-state index in [1.807, 2.05) is 0 Å². The van der Waals surface area contributed by atoms with E-state index in [0.29, 0.717) is 15.2 Å². The van der Waals surface area contributed by atoms with Crippen molar-refractivity contribution in [3.05, 3.63) is 0 Å². The van der Waals surface area contributed by atoms with Crippen LogP contribution in [0.1, 0.15) is 39.5 Å². The van der Waals surface area contributed by atoms with Crippen molar-refractivity contribution in [2.24, 2.45) is 5.92 Å². The van der Waals surface area contributed by atoms with Crippen LogP contribution in [0.2, 0.25) is 10.6 Å². The largest absolute Gasteiger partial charge is 0.199 e. The third-order valence-electron chi connectivity index (χ3n) is 2.03. The lowest BCUT2D eigenvalue weighted by Gasteiger charge is -2.03. The molecule has 0 aromatic rings. The second-order valence-electron chi connectivity index (χ2n) is 3.94. The predicted molar refractivity (Wildman–Crippen MR) is 64.2 cm³/mol. The van der Waals surface area contributed by atoms with Crippen molar-refractivity contribution in [3.8, 4) is 0 Å². The molecule has 0 atom stereocenters. The highest BCUT2D eigenvalue weighted by Gasteiger charge is 1.99. The van der Waals surface area contributed by atoms with E-state index < -0.39 is 0 Å². The monoisotopic (exact) mass is 237 g/mol. The zero-order valence-corrected chi connectivity index (χ0v) is 11.4. The molecule has 0 rings (SSSR count). The maximum atomic E-state index is 5.63. The highest BCUT2D eigenvalue weighted by atomic mass is 35.5. The molecule has 77 valence electrons. The number of hydrogen-bond acceptors (Lipinski definition) is 0. The van der Waals surface area contributed by atoms with Gasteiger partial charge in [0, 0.05) is 0 Å². The van der Waals surface area contributed by atoms with E-state index in [0.717, 1.165) is 12.3 Å². The SMILES string of the molecule is CC(C)C[CH2][Al][CH2]CCCC(Cl)Cl. The van der Waals surface area contributed by atoms with Crippen LogP contribution in [0.3, 0.4) is 0 Å². The first-order valence-electron chi connectivity index (χ1n) is 5.22. The first-order chi connectivity index (χ1) is 6.13. The van der Waals surface area contributed by atoms with Crippen molar-refractivity contribution >= 4 is 38.4 Å². The molecule has 0 saturated heterocycles. The highest BCUT2D eigenvalue weighted by Crippen LogP contribution is 2.13. The Kier molecular flexibility index (Phi) is 10.5. The molecule has 0 unspecified atom stereocenters. The van der Waals surface area contributed by atoms with Crippen LogP contribution in [-0.2, 0) is 0 Å². The summed E-state index contributed by atoms with van der Waals surface area (Å²) < 4.78 is 0. The van der Waals surface area contributed by atoms with Crippen LogP contribution >= 0.6 is 23.2 Å². The summed E-state index contributed by atoms with van der Waals surface area (Å²) in [5.41, 5.74) is 0. The van der Waals surface area contributed by atoms with Gasteiger partial charge in [0.05, 0.1) is 0 Å². The van der Waals surface area contributed by atoms with Gasteiger partial charge in [0.2, 0.25) is 0 Å². The molecule has 0 heterocycles. The van der Waals surface area contributed by atoms with Crippen molar-refractivity contribution in [2.45, 2.75) is 54.9 Å². The normalized spacial score (nSPS) is 11.2. The van der Waals surface area contributed by atoms with Crippen LogP contribution in [0.25, 0.3) is 0 Å². The lowest BCUT2D eigenvalue weighted by Crippen LogP contribution is -1.94. The Morgan fingerprint density at radius 3 is 2.23 bits per heavy atom. The van der Waals surface area contributed by atoms with Gasteiger partial charge in [-0.1, -0.05) is 33.1 Å². The van der Waals surface area contributed by atoms with Gasteiger partial charge in [-0.25, -0.2) is 0 Å². The Labute approximate surface area is 99.1 Å². The average molecular weight is 238 g/mol. The van der Waals surface area contributed by atoms with Crippen molar-refractivity contribution < 1.29 is 0 Å². The summed E-state index contributed by atoms with van der Waals surface area (Å²) in [4.78, 5) is -0.148. The van der Waals surface area contributed by atoms with Gasteiger partial charge in [0.15, 0.2) is 15.2 Å². The molecule has 0 aromatic heterocycles. The number of alkyl halides is 2. The molecule has 0 nitrogen and oxygen atoms in total. The second-order valence-corrected chi connectivity index (χ2v) is 6.94. The summed E-state index contributed by atoms with van der Waals surface area (Å²) in [7, 11) is 0. The van der Waals surface area contributed by atoms with Gasteiger partial charge in [-0.3, -0.25) is 0 Å². The van der Waals surface area contributed by atoms with Crippen LogP contribution in [0.4, 0.5) is 0 Å². The van der Waals surface area contributed by atoms with Crippen molar-refractivity contribution in [1.29, 1.82) is 0 Å². The zero-order valence-electron chi connectivity index (χ0n) is 8.73. The van der Waals surface area contributed by atoms with Gasteiger partial charge in [-0.05, 0) is 12.3 Å². The fourth-order valence-electron chi connectivity index (χ4n) is 1.18. The molecule has 0 spiro atoms. The Morgan fingerprint density at radius 1 is 1.00 bits per heavy atom. The van der Waals surface area contributed by atoms with Crippen molar-refractivity contribution in [3.63, 3.8) is 0 Å². The molecule has 0 aliphatic heterocycles. The van der Waals surface area contributed by atoms with E-state index in [1.165, 1.54) is 29.8 Å². The molecule has 0 amide bonds. The Bertz CT molecular complexity index is 93.1. The maximum absolute atomic E-state index is 5.63. The van der Waals surface area contributed by atoms with E-state index in [2.05, 4.69) is 13.8 Å². The number of unbranched alkanes of at least 4 members (excludes halogenated alkanes) is 1. The van der Waals surface area contributed by atoms with Gasteiger partial charge in [0.1, 0.15) is 4.84 Å². The molecule has 0 bridgehead atoms. The smallest absolute Gasteiger partial charge is 0.105 e. The number of hydrogen-bond donors (Lipinski definition) is 0. The summed E-state index contributed by atoms with van der Waals surface area (Å²) >= 11 is 12.0. The zero-order chi connectivity index (χ0) is 10.1. The first-order valence-corrected chi connectivity index (χ1v) is 7.73. The Morgan fingerprint density at radius 2 is 1.69 bits per heavy atom. The standard InChI is InChI=1S/C5H9Cl2.C5H11.Al/c1-2-3-4-5(6)7;1-4-5(2)3;/h5H,1-4H2;5H,1,4H2,2-3H3;. The van der Waals surface area contributed by atoms with E-state index in [1.54, 1.807) is 0 Å². The minimum Gasteiger partial charge on any atom is -0.105 e.